The van der Waals surface area contributed by atoms with E-state index in [2.05, 4.69) is 0 Å². The normalized spacial score (nSPS) is 10.9. The minimum atomic E-state index is -2.93. The van der Waals surface area contributed by atoms with Crippen LogP contribution in [0.5, 0.6) is 5.75 Å². The summed E-state index contributed by atoms with van der Waals surface area (Å²) in [6.07, 6.45) is 0. The molecule has 0 aromatic heterocycles. The summed E-state index contributed by atoms with van der Waals surface area (Å²) in [4.78, 5) is 0. The molecular weight excluding hydrogens is 294 g/mol. The fourth-order valence-electron chi connectivity index (χ4n) is 1.07. The van der Waals surface area contributed by atoms with E-state index in [4.69, 9.17) is 33.7 Å². The van der Waals surface area contributed by atoms with E-state index in [-0.39, 0.29) is 34.7 Å². The van der Waals surface area contributed by atoms with Gasteiger partial charge in [-0.1, -0.05) is 23.2 Å². The molecule has 7 heteroatoms. The Morgan fingerprint density at radius 3 is 2.12 bits per heavy atom. The monoisotopic (exact) mass is 305 g/mol. The molecule has 0 spiro atoms. The molecule has 0 atom stereocenters. The topological polar surface area (TPSA) is 35.2 Å². The first-order valence-electron chi connectivity index (χ1n) is 4.52. The summed E-state index contributed by atoms with van der Waals surface area (Å²) in [6.45, 7) is 0.251. The van der Waals surface area contributed by atoms with Crippen LogP contribution in [0, 0.1) is 0 Å². The van der Waals surface area contributed by atoms with Crippen LogP contribution in [0.25, 0.3) is 0 Å². The summed E-state index contributed by atoms with van der Waals surface area (Å²) in [6, 6.07) is 3.08. The van der Waals surface area contributed by atoms with E-state index < -0.39 is 12.5 Å². The van der Waals surface area contributed by atoms with E-state index >= 15 is 0 Å². The first kappa shape index (κ1) is 16.7. The van der Waals surface area contributed by atoms with Crippen LogP contribution in [0.2, 0.25) is 10.0 Å². The average molecular weight is 307 g/mol. The lowest BCUT2D eigenvalue weighted by molar-refractivity contribution is -0.0228. The minimum absolute atomic E-state index is 0. The highest BCUT2D eigenvalue weighted by Crippen LogP contribution is 2.34. The molecule has 0 aliphatic rings. The molecular formula is C10H12Cl3F2NO. The molecule has 0 saturated heterocycles. The summed E-state index contributed by atoms with van der Waals surface area (Å²) in [5, 5.41) is 0.356. The third kappa shape index (κ3) is 5.25. The molecule has 1 rings (SSSR count). The Morgan fingerprint density at radius 1 is 1.29 bits per heavy atom. The molecule has 0 aliphatic carbocycles. The summed E-state index contributed by atoms with van der Waals surface area (Å²) < 4.78 is 30.0. The van der Waals surface area contributed by atoms with Crippen LogP contribution >= 0.6 is 35.6 Å². The lowest BCUT2D eigenvalue weighted by atomic mass is 10.2. The first-order chi connectivity index (χ1) is 7.33. The number of alkyl halides is 2. The Kier molecular flexibility index (Phi) is 6.48. The van der Waals surface area contributed by atoms with Gasteiger partial charge in [0.25, 0.3) is 5.92 Å². The maximum absolute atomic E-state index is 12.6. The van der Waals surface area contributed by atoms with E-state index in [1.807, 2.05) is 0 Å². The highest BCUT2D eigenvalue weighted by atomic mass is 35.5. The molecule has 0 heterocycles. The van der Waals surface area contributed by atoms with Crippen LogP contribution in [-0.2, 0) is 6.54 Å². The fraction of sp³-hybridized carbons (Fsp3) is 0.400. The van der Waals surface area contributed by atoms with E-state index in [9.17, 15) is 8.78 Å². The molecule has 2 nitrogen and oxygen atoms in total. The summed E-state index contributed by atoms with van der Waals surface area (Å²) >= 11 is 11.7. The molecule has 0 saturated carbocycles. The number of nitrogens with two attached hydrogens (primary N) is 1. The zero-order valence-electron chi connectivity index (χ0n) is 8.97. The second-order valence-corrected chi connectivity index (χ2v) is 4.27. The highest BCUT2D eigenvalue weighted by molar-refractivity contribution is 6.37. The Bertz CT molecular complexity index is 359. The second-order valence-electron chi connectivity index (χ2n) is 3.45. The van der Waals surface area contributed by atoms with E-state index in [1.165, 1.54) is 12.1 Å². The van der Waals surface area contributed by atoms with Gasteiger partial charge in [-0.25, -0.2) is 8.78 Å². The van der Waals surface area contributed by atoms with Gasteiger partial charge in [-0.05, 0) is 17.7 Å². The van der Waals surface area contributed by atoms with Crippen molar-refractivity contribution >= 4 is 35.6 Å². The summed E-state index contributed by atoms with van der Waals surface area (Å²) in [5.74, 6) is -2.87. The Labute approximate surface area is 114 Å². The number of hydrogen-bond acceptors (Lipinski definition) is 2. The Balaban J connectivity index is 0.00000256. The quantitative estimate of drug-likeness (QED) is 0.915. The molecule has 0 aliphatic heterocycles. The molecule has 0 fully saturated rings. The van der Waals surface area contributed by atoms with Crippen LogP contribution in [-0.4, -0.2) is 12.5 Å². The van der Waals surface area contributed by atoms with Crippen molar-refractivity contribution in [3.63, 3.8) is 0 Å². The third-order valence-corrected chi connectivity index (χ3v) is 2.33. The zero-order chi connectivity index (χ0) is 12.3. The van der Waals surface area contributed by atoms with Gasteiger partial charge in [0.2, 0.25) is 0 Å². The molecule has 1 aromatic rings. The number of ether oxygens (including phenoxy) is 1. The molecule has 1 aromatic carbocycles. The van der Waals surface area contributed by atoms with E-state index in [1.54, 1.807) is 0 Å². The lowest BCUT2D eigenvalue weighted by Crippen LogP contribution is -2.21. The van der Waals surface area contributed by atoms with Crippen molar-refractivity contribution in [3.05, 3.63) is 27.7 Å². The fourth-order valence-corrected chi connectivity index (χ4v) is 1.71. The number of halogens is 5. The van der Waals surface area contributed by atoms with Gasteiger partial charge in [0.05, 0.1) is 10.0 Å². The van der Waals surface area contributed by atoms with Crippen molar-refractivity contribution in [1.29, 1.82) is 0 Å². The summed E-state index contributed by atoms with van der Waals surface area (Å²) in [5.41, 5.74) is 6.12. The van der Waals surface area contributed by atoms with Crippen molar-refractivity contribution in [2.24, 2.45) is 5.73 Å². The molecule has 17 heavy (non-hydrogen) atoms. The van der Waals surface area contributed by atoms with Crippen molar-refractivity contribution in [3.8, 4) is 5.75 Å². The number of hydrogen-bond donors (Lipinski definition) is 1. The van der Waals surface area contributed by atoms with E-state index in [0.29, 0.717) is 5.56 Å². The van der Waals surface area contributed by atoms with Crippen molar-refractivity contribution in [1.82, 2.24) is 0 Å². The molecule has 2 N–H and O–H groups in total. The van der Waals surface area contributed by atoms with Crippen molar-refractivity contribution in [2.45, 2.75) is 19.4 Å². The van der Waals surface area contributed by atoms with Gasteiger partial charge in [0.1, 0.15) is 0 Å². The van der Waals surface area contributed by atoms with Crippen LogP contribution in [0.3, 0.4) is 0 Å². The van der Waals surface area contributed by atoms with Crippen LogP contribution in [0.15, 0.2) is 12.1 Å². The number of rotatable bonds is 4. The third-order valence-electron chi connectivity index (χ3n) is 1.76. The highest BCUT2D eigenvalue weighted by Gasteiger charge is 2.23. The van der Waals surface area contributed by atoms with Crippen molar-refractivity contribution < 1.29 is 13.5 Å². The zero-order valence-corrected chi connectivity index (χ0v) is 11.3. The predicted molar refractivity (Wildman–Crippen MR) is 67.7 cm³/mol. The minimum Gasteiger partial charge on any atom is -0.484 e. The van der Waals surface area contributed by atoms with Gasteiger partial charge in [-0.3, -0.25) is 0 Å². The lowest BCUT2D eigenvalue weighted by Gasteiger charge is -2.14. The largest absolute Gasteiger partial charge is 0.484 e. The molecule has 0 amide bonds. The molecule has 0 unspecified atom stereocenters. The molecule has 0 radical (unpaired) electrons. The predicted octanol–water partition coefficient (Wildman–Crippen LogP) is 3.91. The van der Waals surface area contributed by atoms with Gasteiger partial charge >= 0.3 is 0 Å². The Morgan fingerprint density at radius 2 is 1.76 bits per heavy atom. The van der Waals surface area contributed by atoms with Crippen LogP contribution in [0.4, 0.5) is 8.78 Å². The maximum Gasteiger partial charge on any atom is 0.278 e. The van der Waals surface area contributed by atoms with Gasteiger partial charge in [-0.2, -0.15) is 0 Å². The standard InChI is InChI=1S/C10H11Cl2F2NO.ClH/c1-10(13,14)5-16-9-7(11)2-6(4-15)3-8(9)12;/h2-3H,4-5,15H2,1H3;1H. The summed E-state index contributed by atoms with van der Waals surface area (Å²) in [7, 11) is 0. The Hall–Kier alpha value is -0.290. The first-order valence-corrected chi connectivity index (χ1v) is 5.27. The second kappa shape index (κ2) is 6.59. The van der Waals surface area contributed by atoms with E-state index in [0.717, 1.165) is 6.92 Å². The molecule has 98 valence electrons. The smallest absolute Gasteiger partial charge is 0.278 e. The van der Waals surface area contributed by atoms with Crippen molar-refractivity contribution in [2.75, 3.05) is 6.61 Å². The average Bonchev–Trinajstić information content (AvgIpc) is 2.14. The molecule has 0 bridgehead atoms. The van der Waals surface area contributed by atoms with Gasteiger partial charge in [0.15, 0.2) is 12.4 Å². The van der Waals surface area contributed by atoms with Crippen LogP contribution < -0.4 is 10.5 Å². The van der Waals surface area contributed by atoms with Gasteiger partial charge in [-0.15, -0.1) is 12.4 Å². The SMILES string of the molecule is CC(F)(F)COc1c(Cl)cc(CN)cc1Cl.Cl. The van der Waals surface area contributed by atoms with Gasteiger partial charge in [0, 0.05) is 13.5 Å². The number of benzene rings is 1. The van der Waals surface area contributed by atoms with Crippen LogP contribution in [0.1, 0.15) is 12.5 Å². The maximum atomic E-state index is 12.6. The van der Waals surface area contributed by atoms with Gasteiger partial charge < -0.3 is 10.5 Å².